The second-order valence-electron chi connectivity index (χ2n) is 1.35. The van der Waals surface area contributed by atoms with Crippen LogP contribution < -0.4 is 5.32 Å². The number of nitrogens with one attached hydrogen (secondary N) is 1. The topological polar surface area (TPSA) is 49.3 Å². The number of hydrogen-bond acceptors (Lipinski definition) is 2. The summed E-state index contributed by atoms with van der Waals surface area (Å²) in [5.41, 5.74) is 0. The van der Waals surface area contributed by atoms with Crippen LogP contribution in [-0.4, -0.2) is 31.9 Å². The molecular weight excluding hydrogens is 92.8 g/mol. The number of aliphatic carboxylic acids is 1. The lowest BCUT2D eigenvalue weighted by Gasteiger charge is -1.99. The maximum atomic E-state index is 9.87. The Hall–Kier alpha value is -0.505. The summed E-state index contributed by atoms with van der Waals surface area (Å²) in [5.74, 6) is -1.25. The molecule has 0 aliphatic carbocycles. The Morgan fingerprint density at radius 1 is 2.00 bits per heavy atom. The van der Waals surface area contributed by atoms with E-state index in [9.17, 15) is 4.79 Å². The van der Waals surface area contributed by atoms with Gasteiger partial charge in [0.2, 0.25) is 0 Å². The monoisotopic (exact) mass is 101 g/mol. The number of carboxylic acid groups (broad SMARTS) is 1. The van der Waals surface area contributed by atoms with Gasteiger partial charge >= 0.3 is 5.97 Å². The van der Waals surface area contributed by atoms with Gasteiger partial charge in [-0.3, -0.25) is 4.79 Å². The molecule has 0 saturated heterocycles. The molecule has 0 aliphatic rings. The van der Waals surface area contributed by atoms with E-state index in [0.717, 1.165) is 0 Å². The van der Waals surface area contributed by atoms with Crippen LogP contribution in [0.5, 0.6) is 0 Å². The zero-order chi connectivity index (χ0) is 5.86. The lowest BCUT2D eigenvalue weighted by molar-refractivity contribution is -0.137. The van der Waals surface area contributed by atoms with Gasteiger partial charge in [0.15, 0.2) is 0 Å². The lowest BCUT2D eigenvalue weighted by atomic mass is 9.98. The van der Waals surface area contributed by atoms with Gasteiger partial charge in [-0.25, -0.2) is 0 Å². The van der Waals surface area contributed by atoms with Crippen molar-refractivity contribution in [1.29, 1.82) is 0 Å². The number of likely N-dealkylation sites (N-methyl/N-ethyl adjacent to an activating group) is 1. The second kappa shape index (κ2) is 2.63. The summed E-state index contributed by atoms with van der Waals surface area (Å²) >= 11 is 0. The molecular formula is C3H8BNO2. The van der Waals surface area contributed by atoms with Gasteiger partial charge < -0.3 is 10.4 Å². The molecule has 0 heterocycles. The molecule has 3 nitrogen and oxygen atoms in total. The van der Waals surface area contributed by atoms with Crippen LogP contribution in [0.4, 0.5) is 0 Å². The van der Waals surface area contributed by atoms with E-state index in [1.54, 1.807) is 14.9 Å². The highest BCUT2D eigenvalue weighted by Crippen LogP contribution is 1.68. The minimum Gasteiger partial charge on any atom is -0.481 e. The van der Waals surface area contributed by atoms with Crippen LogP contribution in [-0.2, 0) is 4.79 Å². The van der Waals surface area contributed by atoms with Crippen LogP contribution >= 0.6 is 0 Å². The minimum atomic E-state index is -0.817. The van der Waals surface area contributed by atoms with Crippen LogP contribution in [0.25, 0.3) is 0 Å². The first-order chi connectivity index (χ1) is 3.18. The summed E-state index contributed by atoms with van der Waals surface area (Å²) in [6, 6.07) is 0. The fourth-order valence-electron chi connectivity index (χ4n) is 0.123. The summed E-state index contributed by atoms with van der Waals surface area (Å²) in [5, 5.41) is 10.7. The van der Waals surface area contributed by atoms with Crippen molar-refractivity contribution in [3.8, 4) is 0 Å². The molecule has 1 atom stereocenters. The SMILES string of the molecule is BC(NC)C(=O)O. The van der Waals surface area contributed by atoms with E-state index in [-0.39, 0.29) is 0 Å². The standard InChI is InChI=1S/C3H8BNO2/c1-5-2(4)3(6)7/h2,5H,4H2,1H3,(H,6,7). The molecule has 2 N–H and O–H groups in total. The summed E-state index contributed by atoms with van der Waals surface area (Å²) < 4.78 is 0. The normalized spacial score (nSPS) is 13.3. The van der Waals surface area contributed by atoms with Crippen molar-refractivity contribution in [3.05, 3.63) is 0 Å². The maximum Gasteiger partial charge on any atom is 0.311 e. The molecule has 0 saturated carbocycles. The molecule has 1 unspecified atom stereocenters. The molecule has 0 amide bonds. The Bertz CT molecular complexity index is 75.3. The molecule has 0 rings (SSSR count). The van der Waals surface area contributed by atoms with Crippen LogP contribution in [0.3, 0.4) is 0 Å². The smallest absolute Gasteiger partial charge is 0.311 e. The van der Waals surface area contributed by atoms with Crippen molar-refractivity contribution in [2.45, 2.75) is 5.94 Å². The van der Waals surface area contributed by atoms with Gasteiger partial charge in [-0.05, 0) is 7.05 Å². The van der Waals surface area contributed by atoms with Gasteiger partial charge in [-0.2, -0.15) is 0 Å². The Morgan fingerprint density at radius 2 is 2.43 bits per heavy atom. The van der Waals surface area contributed by atoms with Crippen LogP contribution in [0.2, 0.25) is 0 Å². The first kappa shape index (κ1) is 6.49. The van der Waals surface area contributed by atoms with E-state index < -0.39 is 11.9 Å². The Balaban J connectivity index is 3.34. The van der Waals surface area contributed by atoms with E-state index >= 15 is 0 Å². The highest BCUT2D eigenvalue weighted by molar-refractivity contribution is 6.22. The number of carboxylic acids is 1. The van der Waals surface area contributed by atoms with Crippen molar-refractivity contribution in [3.63, 3.8) is 0 Å². The molecule has 0 bridgehead atoms. The first-order valence-corrected chi connectivity index (χ1v) is 2.08. The van der Waals surface area contributed by atoms with E-state index in [2.05, 4.69) is 5.32 Å². The van der Waals surface area contributed by atoms with Crippen molar-refractivity contribution in [1.82, 2.24) is 5.32 Å². The number of carbonyl (C=O) groups is 1. The highest BCUT2D eigenvalue weighted by Gasteiger charge is 2.04. The zero-order valence-corrected chi connectivity index (χ0v) is 4.43. The quantitative estimate of drug-likeness (QED) is 0.405. The van der Waals surface area contributed by atoms with Gasteiger partial charge in [-0.15, -0.1) is 0 Å². The third-order valence-electron chi connectivity index (χ3n) is 0.803. The molecule has 7 heavy (non-hydrogen) atoms. The molecule has 4 heteroatoms. The lowest BCUT2D eigenvalue weighted by Crippen LogP contribution is -2.33. The van der Waals surface area contributed by atoms with Gasteiger partial charge in [-0.1, -0.05) is 0 Å². The largest absolute Gasteiger partial charge is 0.481 e. The summed E-state index contributed by atoms with van der Waals surface area (Å²) in [4.78, 5) is 9.87. The fourth-order valence-corrected chi connectivity index (χ4v) is 0.123. The van der Waals surface area contributed by atoms with Gasteiger partial charge in [0, 0.05) is 0 Å². The van der Waals surface area contributed by atoms with Gasteiger partial charge in [0.1, 0.15) is 7.85 Å². The second-order valence-corrected chi connectivity index (χ2v) is 1.35. The van der Waals surface area contributed by atoms with E-state index in [1.807, 2.05) is 0 Å². The number of hydrogen-bond donors (Lipinski definition) is 2. The predicted octanol–water partition coefficient (Wildman–Crippen LogP) is -1.75. The average molecular weight is 101 g/mol. The van der Waals surface area contributed by atoms with Crippen molar-refractivity contribution in [2.75, 3.05) is 7.05 Å². The average Bonchev–Trinajstić information content (AvgIpc) is 1.65. The van der Waals surface area contributed by atoms with E-state index in [1.165, 1.54) is 0 Å². The third kappa shape index (κ3) is 2.22. The molecule has 0 fully saturated rings. The summed E-state index contributed by atoms with van der Waals surface area (Å²) in [7, 11) is 3.20. The van der Waals surface area contributed by atoms with Gasteiger partial charge in [0.25, 0.3) is 0 Å². The molecule has 0 radical (unpaired) electrons. The Labute approximate surface area is 43.1 Å². The fraction of sp³-hybridized carbons (Fsp3) is 0.667. The third-order valence-corrected chi connectivity index (χ3v) is 0.803. The molecule has 0 aromatic carbocycles. The molecule has 0 aromatic heterocycles. The van der Waals surface area contributed by atoms with Crippen LogP contribution in [0, 0.1) is 0 Å². The summed E-state index contributed by atoms with van der Waals surface area (Å²) in [6.45, 7) is 0. The van der Waals surface area contributed by atoms with Crippen molar-refractivity contribution >= 4 is 13.8 Å². The molecule has 40 valence electrons. The molecule has 0 spiro atoms. The number of rotatable bonds is 2. The van der Waals surface area contributed by atoms with Crippen LogP contribution in [0.15, 0.2) is 0 Å². The van der Waals surface area contributed by atoms with E-state index in [4.69, 9.17) is 5.11 Å². The van der Waals surface area contributed by atoms with E-state index in [0.29, 0.717) is 0 Å². The Kier molecular flexibility index (Phi) is 2.44. The first-order valence-electron chi connectivity index (χ1n) is 2.08. The molecule has 0 aliphatic heterocycles. The maximum absolute atomic E-state index is 9.87. The minimum absolute atomic E-state index is 0.431. The van der Waals surface area contributed by atoms with Crippen LogP contribution in [0.1, 0.15) is 0 Å². The van der Waals surface area contributed by atoms with Crippen molar-refractivity contribution < 1.29 is 9.90 Å². The zero-order valence-electron chi connectivity index (χ0n) is 4.43. The molecule has 0 aromatic rings. The predicted molar refractivity (Wildman–Crippen MR) is 29.0 cm³/mol. The highest BCUT2D eigenvalue weighted by atomic mass is 16.4. The summed E-state index contributed by atoms with van der Waals surface area (Å²) in [6.07, 6.45) is 0. The Morgan fingerprint density at radius 3 is 2.43 bits per heavy atom. The van der Waals surface area contributed by atoms with Gasteiger partial charge in [0.05, 0.1) is 5.94 Å². The van der Waals surface area contributed by atoms with Crippen molar-refractivity contribution in [2.24, 2.45) is 0 Å².